The molecule has 0 heterocycles. The second kappa shape index (κ2) is 7.41. The van der Waals surface area contributed by atoms with Gasteiger partial charge in [0.25, 0.3) is 7.44 Å². The molecule has 0 aromatic heterocycles. The van der Waals surface area contributed by atoms with Crippen LogP contribution in [0.4, 0.5) is 0 Å². The lowest BCUT2D eigenvalue weighted by atomic mass is 10.4. The van der Waals surface area contributed by atoms with Crippen molar-refractivity contribution >= 4 is 71.3 Å². The fraction of sp³-hybridized carbons (Fsp3) is 0.250. The largest absolute Gasteiger partial charge is 0.283 e. The Labute approximate surface area is 129 Å². The van der Waals surface area contributed by atoms with Gasteiger partial charge in [-0.15, -0.1) is 0 Å². The normalized spacial score (nSPS) is 13.0. The molecule has 0 aliphatic rings. The smallest absolute Gasteiger partial charge is 0.255 e. The van der Waals surface area contributed by atoms with Crippen molar-refractivity contribution in [3.8, 4) is 0 Å². The highest BCUT2D eigenvalue weighted by molar-refractivity contribution is 8.09. The Balaban J connectivity index is 3.31. The van der Waals surface area contributed by atoms with Crippen molar-refractivity contribution in [1.29, 1.82) is 0 Å². The molecule has 0 saturated heterocycles. The molecular formula is C8H11Cl4N2OP3. The van der Waals surface area contributed by atoms with Crippen LogP contribution in [-0.2, 0) is 4.57 Å². The van der Waals surface area contributed by atoms with Crippen LogP contribution < -0.4 is 5.30 Å². The summed E-state index contributed by atoms with van der Waals surface area (Å²) in [5.41, 5.74) is 0. The van der Waals surface area contributed by atoms with Crippen molar-refractivity contribution in [3.63, 3.8) is 0 Å². The van der Waals surface area contributed by atoms with Crippen molar-refractivity contribution in [2.24, 2.45) is 0 Å². The zero-order chi connectivity index (χ0) is 13.9. The molecule has 0 aliphatic heterocycles. The molecule has 0 aliphatic carbocycles. The number of rotatable bonds is 5. The van der Waals surface area contributed by atoms with Crippen molar-refractivity contribution in [3.05, 3.63) is 30.3 Å². The highest BCUT2D eigenvalue weighted by Crippen LogP contribution is 2.72. The minimum absolute atomic E-state index is 0.595. The van der Waals surface area contributed by atoms with Crippen molar-refractivity contribution in [2.75, 3.05) is 14.1 Å². The molecule has 0 amide bonds. The third kappa shape index (κ3) is 3.73. The maximum absolute atomic E-state index is 13.2. The van der Waals surface area contributed by atoms with Crippen LogP contribution in [0.1, 0.15) is 0 Å². The Bertz CT molecular complexity index is 416. The summed E-state index contributed by atoms with van der Waals surface area (Å²) in [6, 6.07) is 8.90. The first-order valence-electron chi connectivity index (χ1n) is 4.69. The molecule has 10 heteroatoms. The Morgan fingerprint density at radius 3 is 1.67 bits per heavy atom. The van der Waals surface area contributed by atoms with E-state index < -0.39 is 21.0 Å². The first kappa shape index (κ1) is 17.4. The molecule has 0 unspecified atom stereocenters. The van der Waals surface area contributed by atoms with Crippen LogP contribution in [-0.4, -0.2) is 23.0 Å². The van der Waals surface area contributed by atoms with Crippen LogP contribution in [0.5, 0.6) is 0 Å². The molecule has 0 N–H and O–H groups in total. The average molecular weight is 386 g/mol. The Kier molecular flexibility index (Phi) is 7.18. The zero-order valence-electron chi connectivity index (χ0n) is 9.54. The summed E-state index contributed by atoms with van der Waals surface area (Å²) in [4.78, 5) is 0. The number of nitrogens with zero attached hydrogens (tertiary/aromatic N) is 2. The molecule has 1 aromatic rings. The Hall–Kier alpha value is 1.39. The summed E-state index contributed by atoms with van der Waals surface area (Å²) >= 11 is 23.6. The van der Waals surface area contributed by atoms with Crippen LogP contribution in [0.15, 0.2) is 30.3 Å². The number of hydrogen-bond acceptors (Lipinski definition) is 1. The summed E-state index contributed by atoms with van der Waals surface area (Å²) in [7, 11) is 0.0300. The molecule has 0 bridgehead atoms. The fourth-order valence-electron chi connectivity index (χ4n) is 1.33. The van der Waals surface area contributed by atoms with Gasteiger partial charge in [0.1, 0.15) is 0 Å². The van der Waals surface area contributed by atoms with Gasteiger partial charge in [0.2, 0.25) is 0 Å². The van der Waals surface area contributed by atoms with Crippen LogP contribution in [0.2, 0.25) is 0 Å². The van der Waals surface area contributed by atoms with Gasteiger partial charge in [-0.25, -0.2) is 0 Å². The van der Waals surface area contributed by atoms with Gasteiger partial charge in [0.05, 0.1) is 0 Å². The van der Waals surface area contributed by atoms with Gasteiger partial charge in [-0.1, -0.05) is 63.2 Å². The van der Waals surface area contributed by atoms with E-state index in [0.717, 1.165) is 0 Å². The highest BCUT2D eigenvalue weighted by atomic mass is 35.9. The van der Waals surface area contributed by atoms with Gasteiger partial charge >= 0.3 is 0 Å². The number of halogens is 4. The zero-order valence-corrected chi connectivity index (χ0v) is 15.2. The summed E-state index contributed by atoms with van der Waals surface area (Å²) in [5.74, 6) is 0. The third-order valence-corrected chi connectivity index (χ3v) is 12.2. The van der Waals surface area contributed by atoms with E-state index in [1.54, 1.807) is 38.4 Å². The fourth-order valence-corrected chi connectivity index (χ4v) is 9.23. The quantitative estimate of drug-likeness (QED) is 0.600. The maximum Gasteiger partial charge on any atom is 0.255 e. The Morgan fingerprint density at radius 1 is 0.944 bits per heavy atom. The molecule has 0 radical (unpaired) electrons. The Morgan fingerprint density at radius 2 is 1.33 bits per heavy atom. The summed E-state index contributed by atoms with van der Waals surface area (Å²) in [6.07, 6.45) is 0. The van der Waals surface area contributed by atoms with Crippen LogP contribution in [0.25, 0.3) is 0 Å². The predicted octanol–water partition coefficient (Wildman–Crippen LogP) is 5.78. The molecule has 18 heavy (non-hydrogen) atoms. The molecule has 0 saturated carbocycles. The van der Waals surface area contributed by atoms with Gasteiger partial charge in [-0.05, 0) is 12.1 Å². The monoisotopic (exact) mass is 384 g/mol. The third-order valence-electron chi connectivity index (χ3n) is 2.31. The van der Waals surface area contributed by atoms with E-state index in [1.807, 2.05) is 6.07 Å². The topological polar surface area (TPSA) is 23.6 Å². The standard InChI is InChI=1S/C8H11Cl4N2OP3/c1-13(16(9)10)18(15,14(2)17(11)12)8-6-4-3-5-7-8/h3-7H,1-2H3. The minimum atomic E-state index is -3.17. The lowest BCUT2D eigenvalue weighted by molar-refractivity contribution is 0.530. The van der Waals surface area contributed by atoms with Crippen LogP contribution in [0.3, 0.4) is 0 Å². The second-order valence-corrected chi connectivity index (χ2v) is 13.7. The van der Waals surface area contributed by atoms with Crippen molar-refractivity contribution in [2.45, 2.75) is 0 Å². The molecule has 3 nitrogen and oxygen atoms in total. The lowest BCUT2D eigenvalue weighted by Crippen LogP contribution is -2.25. The van der Waals surface area contributed by atoms with E-state index >= 15 is 0 Å². The van der Waals surface area contributed by atoms with Crippen LogP contribution >= 0.6 is 66.0 Å². The molecule has 0 atom stereocenters. The molecule has 102 valence electrons. The molecule has 0 spiro atoms. The lowest BCUT2D eigenvalue weighted by Gasteiger charge is -2.35. The van der Waals surface area contributed by atoms with Crippen molar-refractivity contribution in [1.82, 2.24) is 8.88 Å². The molecule has 1 aromatic carbocycles. The first-order chi connectivity index (χ1) is 8.31. The van der Waals surface area contributed by atoms with Gasteiger partial charge in [-0.3, -0.25) is 4.57 Å². The van der Waals surface area contributed by atoms with Gasteiger partial charge in [0.15, 0.2) is 13.6 Å². The predicted molar refractivity (Wildman–Crippen MR) is 86.5 cm³/mol. The summed E-state index contributed by atoms with van der Waals surface area (Å²) < 4.78 is 16.1. The first-order valence-corrected chi connectivity index (χ1v) is 12.5. The van der Waals surface area contributed by atoms with E-state index in [9.17, 15) is 4.57 Å². The van der Waals surface area contributed by atoms with Gasteiger partial charge < -0.3 is 0 Å². The minimum Gasteiger partial charge on any atom is -0.283 e. The van der Waals surface area contributed by atoms with E-state index in [2.05, 4.69) is 0 Å². The maximum atomic E-state index is 13.2. The van der Waals surface area contributed by atoms with Crippen LogP contribution in [0, 0.1) is 0 Å². The second-order valence-electron chi connectivity index (χ2n) is 3.29. The number of benzene rings is 1. The van der Waals surface area contributed by atoms with E-state index in [0.29, 0.717) is 5.30 Å². The summed E-state index contributed by atoms with van der Waals surface area (Å²) in [6.45, 7) is -3.13. The molecule has 1 rings (SSSR count). The van der Waals surface area contributed by atoms with Gasteiger partial charge in [-0.2, -0.15) is 8.88 Å². The SMILES string of the molecule is CN(P(Cl)Cl)P(=O)(c1ccccc1)N(C)P(Cl)Cl. The van der Waals surface area contributed by atoms with E-state index in [4.69, 9.17) is 45.0 Å². The van der Waals surface area contributed by atoms with E-state index in [1.165, 1.54) is 8.88 Å². The number of hydrogen-bond donors (Lipinski definition) is 0. The van der Waals surface area contributed by atoms with Crippen molar-refractivity contribution < 1.29 is 4.57 Å². The summed E-state index contributed by atoms with van der Waals surface area (Å²) in [5, 5.41) is 0.595. The molecule has 0 fully saturated rings. The van der Waals surface area contributed by atoms with Gasteiger partial charge in [0, 0.05) is 19.4 Å². The average Bonchev–Trinajstić information content (AvgIpc) is 2.36. The molecular weight excluding hydrogens is 375 g/mol. The highest BCUT2D eigenvalue weighted by Gasteiger charge is 2.40. The van der Waals surface area contributed by atoms with E-state index in [-0.39, 0.29) is 0 Å².